The van der Waals surface area contributed by atoms with Crippen LogP contribution < -0.4 is 0 Å². The molecule has 0 bridgehead atoms. The second-order valence-corrected chi connectivity index (χ2v) is 6.53. The molecule has 8 heteroatoms. The van der Waals surface area contributed by atoms with Crippen LogP contribution in [0.3, 0.4) is 0 Å². The first kappa shape index (κ1) is 14.2. The van der Waals surface area contributed by atoms with Crippen LogP contribution in [0.25, 0.3) is 10.2 Å². The van der Waals surface area contributed by atoms with E-state index >= 15 is 0 Å². The van der Waals surface area contributed by atoms with Crippen LogP contribution in [0.2, 0.25) is 0 Å². The van der Waals surface area contributed by atoms with Crippen molar-refractivity contribution >= 4 is 31.8 Å². The van der Waals surface area contributed by atoms with Crippen molar-refractivity contribution in [1.29, 1.82) is 0 Å². The molecule has 2 rings (SSSR count). The molecule has 0 aliphatic rings. The quantitative estimate of drug-likeness (QED) is 0.589. The van der Waals surface area contributed by atoms with Gasteiger partial charge in [0.15, 0.2) is 0 Å². The monoisotopic (exact) mass is 291 g/mol. The van der Waals surface area contributed by atoms with Crippen molar-refractivity contribution in [3.05, 3.63) is 24.3 Å². The summed E-state index contributed by atoms with van der Waals surface area (Å²) in [5, 5.41) is 0. The van der Waals surface area contributed by atoms with Crippen molar-refractivity contribution in [2.75, 3.05) is 0 Å². The normalized spacial score (nSPS) is 15.7. The maximum Gasteiger partial charge on any atom is 0.334 e. The standard InChI is InChI=1S/C7H4F5NS2.C2H6/c8-15(9,10,11,12)7-13-5-3-1-2-4-6(5)14-7;1-2/h1-4H;1-2H3. The number of thiazole rings is 1. The van der Waals surface area contributed by atoms with Gasteiger partial charge in [-0.05, 0) is 12.1 Å². The van der Waals surface area contributed by atoms with E-state index in [4.69, 9.17) is 0 Å². The third-order valence-electron chi connectivity index (χ3n) is 1.60. The molecule has 0 aliphatic heterocycles. The number of halogens is 5. The average molecular weight is 291 g/mol. The molecule has 2 aromatic rings. The summed E-state index contributed by atoms with van der Waals surface area (Å²) in [5.41, 5.74) is -0.0641. The lowest BCUT2D eigenvalue weighted by Gasteiger charge is -2.37. The zero-order valence-corrected chi connectivity index (χ0v) is 10.6. The van der Waals surface area contributed by atoms with Gasteiger partial charge in [-0.3, -0.25) is 0 Å². The molecule has 1 nitrogen and oxygen atoms in total. The summed E-state index contributed by atoms with van der Waals surface area (Å²) in [6, 6.07) is 5.49. The van der Waals surface area contributed by atoms with Crippen molar-refractivity contribution in [3.63, 3.8) is 0 Å². The second kappa shape index (κ2) is 3.55. The van der Waals surface area contributed by atoms with Crippen molar-refractivity contribution in [2.45, 2.75) is 18.2 Å². The molecule has 0 N–H and O–H groups in total. The summed E-state index contributed by atoms with van der Waals surface area (Å²) in [5.74, 6) is 0. The Morgan fingerprint density at radius 3 is 2.00 bits per heavy atom. The Morgan fingerprint density at radius 2 is 1.53 bits per heavy atom. The van der Waals surface area contributed by atoms with E-state index in [1.807, 2.05) is 13.8 Å². The van der Waals surface area contributed by atoms with E-state index in [1.165, 1.54) is 24.3 Å². The van der Waals surface area contributed by atoms with Gasteiger partial charge in [-0.1, -0.05) is 56.7 Å². The molecule has 98 valence electrons. The Morgan fingerprint density at radius 1 is 1.00 bits per heavy atom. The number of rotatable bonds is 1. The van der Waals surface area contributed by atoms with E-state index in [1.54, 1.807) is 0 Å². The van der Waals surface area contributed by atoms with E-state index in [-0.39, 0.29) is 21.6 Å². The van der Waals surface area contributed by atoms with Gasteiger partial charge in [-0.2, -0.15) is 0 Å². The predicted molar refractivity (Wildman–Crippen MR) is 62.4 cm³/mol. The first-order chi connectivity index (χ1) is 7.56. The van der Waals surface area contributed by atoms with Gasteiger partial charge in [-0.25, -0.2) is 4.98 Å². The summed E-state index contributed by atoms with van der Waals surface area (Å²) in [6.45, 7) is 4.00. The van der Waals surface area contributed by atoms with Crippen LogP contribution in [0.4, 0.5) is 19.4 Å². The van der Waals surface area contributed by atoms with E-state index in [2.05, 4.69) is 4.98 Å². The van der Waals surface area contributed by atoms with Gasteiger partial charge in [0.25, 0.3) is 4.34 Å². The topological polar surface area (TPSA) is 12.9 Å². The van der Waals surface area contributed by atoms with Crippen LogP contribution in [-0.2, 0) is 0 Å². The van der Waals surface area contributed by atoms with Gasteiger partial charge < -0.3 is 0 Å². The average Bonchev–Trinajstić information content (AvgIpc) is 2.62. The SMILES string of the molecule is CC.FS(F)(F)(F)(F)c1nc2ccccc2s1. The molecule has 0 spiro atoms. The molecule has 0 saturated carbocycles. The van der Waals surface area contributed by atoms with Crippen LogP contribution in [0.5, 0.6) is 0 Å². The predicted octanol–water partition coefficient (Wildman–Crippen LogP) is 5.98. The Bertz CT molecular complexity index is 497. The van der Waals surface area contributed by atoms with Crippen molar-refractivity contribution in [3.8, 4) is 0 Å². The Hall–Kier alpha value is -0.890. The largest absolute Gasteiger partial charge is 0.334 e. The van der Waals surface area contributed by atoms with E-state index in [0.717, 1.165) is 0 Å². The summed E-state index contributed by atoms with van der Waals surface area (Å²) < 4.78 is 59.7. The molecule has 0 aliphatic carbocycles. The minimum absolute atomic E-state index is 0.0317. The number of hydrogen-bond donors (Lipinski definition) is 0. The maximum atomic E-state index is 12.3. The van der Waals surface area contributed by atoms with Gasteiger partial charge in [0.2, 0.25) is 0 Å². The van der Waals surface area contributed by atoms with Crippen molar-refractivity contribution in [2.24, 2.45) is 0 Å². The zero-order chi connectivity index (χ0) is 13.4. The van der Waals surface area contributed by atoms with Crippen molar-refractivity contribution < 1.29 is 19.4 Å². The number of fused-ring (bicyclic) bond motifs is 1. The molecule has 0 fully saturated rings. The van der Waals surface area contributed by atoms with E-state index < -0.39 is 14.6 Å². The molecular formula is C9H10F5NS2. The smallest absolute Gasteiger partial charge is 0.222 e. The molecule has 0 atom stereocenters. The summed E-state index contributed by atoms with van der Waals surface area (Å²) >= 11 is -0.0317. The number of benzene rings is 1. The molecule has 1 heterocycles. The fourth-order valence-electron chi connectivity index (χ4n) is 1.02. The molecule has 0 unspecified atom stereocenters. The van der Waals surface area contributed by atoms with Crippen LogP contribution in [0.15, 0.2) is 28.6 Å². The molecule has 1 aromatic carbocycles. The third-order valence-corrected chi connectivity index (χ3v) is 4.38. The second-order valence-electron chi connectivity index (χ2n) is 2.92. The minimum atomic E-state index is -9.61. The highest BCUT2D eigenvalue weighted by atomic mass is 32.5. The van der Waals surface area contributed by atoms with Gasteiger partial charge in [0.1, 0.15) is 0 Å². The lowest BCUT2D eigenvalue weighted by Crippen LogP contribution is -2.04. The summed E-state index contributed by atoms with van der Waals surface area (Å²) in [7, 11) is -9.61. The number of nitrogens with zero attached hydrogens (tertiary/aromatic N) is 1. The van der Waals surface area contributed by atoms with E-state index in [0.29, 0.717) is 0 Å². The highest BCUT2D eigenvalue weighted by molar-refractivity contribution is 8.46. The first-order valence-corrected chi connectivity index (χ1v) is 7.43. The Labute approximate surface area is 99.0 Å². The molecule has 1 aromatic heterocycles. The fourth-order valence-corrected chi connectivity index (χ4v) is 2.88. The van der Waals surface area contributed by atoms with Gasteiger partial charge in [0, 0.05) is 0 Å². The lowest BCUT2D eigenvalue weighted by molar-refractivity contribution is 0.363. The Kier molecular flexibility index (Phi) is 2.96. The highest BCUT2D eigenvalue weighted by Crippen LogP contribution is 3.02. The molecular weight excluding hydrogens is 281 g/mol. The van der Waals surface area contributed by atoms with Crippen LogP contribution >= 0.6 is 21.6 Å². The number of para-hydroxylation sites is 1. The molecule has 0 amide bonds. The number of aromatic nitrogens is 1. The summed E-state index contributed by atoms with van der Waals surface area (Å²) in [6.07, 6.45) is 0. The lowest BCUT2D eigenvalue weighted by atomic mass is 10.3. The maximum absolute atomic E-state index is 12.3. The summed E-state index contributed by atoms with van der Waals surface area (Å²) in [4.78, 5) is 2.92. The minimum Gasteiger partial charge on any atom is -0.222 e. The zero-order valence-electron chi connectivity index (χ0n) is 8.96. The highest BCUT2D eigenvalue weighted by Gasteiger charge is 2.68. The van der Waals surface area contributed by atoms with E-state index in [9.17, 15) is 19.4 Å². The van der Waals surface area contributed by atoms with Crippen LogP contribution in [0.1, 0.15) is 13.8 Å². The first-order valence-electron chi connectivity index (χ1n) is 4.66. The van der Waals surface area contributed by atoms with Crippen LogP contribution in [0, 0.1) is 0 Å². The van der Waals surface area contributed by atoms with Gasteiger partial charge in [0.05, 0.1) is 10.2 Å². The number of hydrogen-bond acceptors (Lipinski definition) is 2. The third kappa shape index (κ3) is 3.29. The molecule has 0 radical (unpaired) electrons. The van der Waals surface area contributed by atoms with Crippen molar-refractivity contribution in [1.82, 2.24) is 4.98 Å². The van der Waals surface area contributed by atoms with Gasteiger partial charge >= 0.3 is 10.2 Å². The Balaban J connectivity index is 0.000000686. The fraction of sp³-hybridized carbons (Fsp3) is 0.222. The van der Waals surface area contributed by atoms with Gasteiger partial charge in [-0.15, -0.1) is 0 Å². The molecule has 17 heavy (non-hydrogen) atoms. The molecule has 0 saturated heterocycles. The van der Waals surface area contributed by atoms with Crippen LogP contribution in [-0.4, -0.2) is 4.98 Å².